The van der Waals surface area contributed by atoms with E-state index in [0.29, 0.717) is 12.1 Å². The molecule has 26 heavy (non-hydrogen) atoms. The maximum atomic E-state index is 13.7. The van der Waals surface area contributed by atoms with Crippen molar-refractivity contribution in [3.05, 3.63) is 48.0 Å². The number of aromatic nitrogens is 2. The summed E-state index contributed by atoms with van der Waals surface area (Å²) in [6, 6.07) is 8.36. The lowest BCUT2D eigenvalue weighted by Gasteiger charge is -2.34. The molecular weight excluding hydrogens is 333 g/mol. The van der Waals surface area contributed by atoms with E-state index < -0.39 is 0 Å². The van der Waals surface area contributed by atoms with Gasteiger partial charge in [-0.25, -0.2) is 14.4 Å². The van der Waals surface area contributed by atoms with E-state index in [1.165, 1.54) is 6.07 Å². The highest BCUT2D eigenvalue weighted by Gasteiger charge is 2.23. The minimum atomic E-state index is -0.342. The maximum Gasteiger partial charge on any atom is 0.224 e. The van der Waals surface area contributed by atoms with Gasteiger partial charge < -0.3 is 15.1 Å². The van der Waals surface area contributed by atoms with Gasteiger partial charge in [0.05, 0.1) is 6.42 Å². The number of carbonyl (C=O) groups excluding carboxylic acids is 1. The predicted molar refractivity (Wildman–Crippen MR) is 99.8 cm³/mol. The average Bonchev–Trinajstić information content (AvgIpc) is 2.64. The van der Waals surface area contributed by atoms with Crippen LogP contribution in [0.25, 0.3) is 0 Å². The number of hydrogen-bond donors (Lipinski definition) is 1. The van der Waals surface area contributed by atoms with Crippen molar-refractivity contribution in [3.63, 3.8) is 0 Å². The summed E-state index contributed by atoms with van der Waals surface area (Å²) in [5.74, 6) is 1.21. The summed E-state index contributed by atoms with van der Waals surface area (Å²) in [7, 11) is 3.88. The second-order valence-corrected chi connectivity index (χ2v) is 6.75. The largest absolute Gasteiger partial charge is 0.363 e. The van der Waals surface area contributed by atoms with Crippen LogP contribution >= 0.6 is 0 Å². The molecule has 2 heterocycles. The van der Waals surface area contributed by atoms with Gasteiger partial charge in [0, 0.05) is 39.3 Å². The van der Waals surface area contributed by atoms with Crippen LogP contribution in [0.2, 0.25) is 0 Å². The van der Waals surface area contributed by atoms with Gasteiger partial charge in [-0.3, -0.25) is 4.79 Å². The fourth-order valence-electron chi connectivity index (χ4n) is 3.15. The molecule has 3 rings (SSSR count). The lowest BCUT2D eigenvalue weighted by molar-refractivity contribution is -0.121. The number of amides is 1. The summed E-state index contributed by atoms with van der Waals surface area (Å²) in [6.07, 6.45) is 3.49. The van der Waals surface area contributed by atoms with Gasteiger partial charge in [-0.2, -0.15) is 0 Å². The van der Waals surface area contributed by atoms with Crippen LogP contribution in [0.1, 0.15) is 18.4 Å². The first-order chi connectivity index (χ1) is 12.5. The number of carbonyl (C=O) groups is 1. The second-order valence-electron chi connectivity index (χ2n) is 6.75. The van der Waals surface area contributed by atoms with Crippen molar-refractivity contribution < 1.29 is 9.18 Å². The van der Waals surface area contributed by atoms with Crippen LogP contribution in [0.3, 0.4) is 0 Å². The fourth-order valence-corrected chi connectivity index (χ4v) is 3.15. The van der Waals surface area contributed by atoms with Crippen LogP contribution in [0.4, 0.5) is 16.0 Å². The molecule has 0 spiro atoms. The Morgan fingerprint density at radius 1 is 1.35 bits per heavy atom. The van der Waals surface area contributed by atoms with Crippen LogP contribution in [-0.4, -0.2) is 49.1 Å². The summed E-state index contributed by atoms with van der Waals surface area (Å²) in [6.45, 7) is 1.58. The standard InChI is InChI=1S/C19H24FN5O/c1-24(2)17-11-18(22-13-21-17)25-9-5-7-15(12-25)23-19(26)10-14-6-3-4-8-16(14)20/h3-4,6,8,11,13,15H,5,7,9-10,12H2,1-2H3,(H,23,26)/t15-/m0/s1. The molecule has 0 saturated carbocycles. The Morgan fingerprint density at radius 3 is 2.92 bits per heavy atom. The molecule has 0 bridgehead atoms. The molecule has 1 saturated heterocycles. The molecule has 1 amide bonds. The highest BCUT2D eigenvalue weighted by Crippen LogP contribution is 2.20. The van der Waals surface area contributed by atoms with Gasteiger partial charge in [-0.15, -0.1) is 0 Å². The first-order valence-corrected chi connectivity index (χ1v) is 8.80. The highest BCUT2D eigenvalue weighted by atomic mass is 19.1. The van der Waals surface area contributed by atoms with Gasteiger partial charge in [-0.05, 0) is 24.5 Å². The fraction of sp³-hybridized carbons (Fsp3) is 0.421. The minimum absolute atomic E-state index is 0.0285. The van der Waals surface area contributed by atoms with Crippen molar-refractivity contribution in [2.45, 2.75) is 25.3 Å². The Hall–Kier alpha value is -2.70. The molecule has 1 aliphatic rings. The zero-order valence-corrected chi connectivity index (χ0v) is 15.2. The van der Waals surface area contributed by atoms with Gasteiger partial charge in [0.25, 0.3) is 0 Å². The third-order valence-electron chi connectivity index (χ3n) is 4.52. The summed E-state index contributed by atoms with van der Waals surface area (Å²) >= 11 is 0. The van der Waals surface area contributed by atoms with E-state index in [9.17, 15) is 9.18 Å². The Kier molecular flexibility index (Phi) is 5.65. The van der Waals surface area contributed by atoms with E-state index in [2.05, 4.69) is 20.2 Å². The summed E-state index contributed by atoms with van der Waals surface area (Å²) in [5.41, 5.74) is 0.420. The summed E-state index contributed by atoms with van der Waals surface area (Å²) in [4.78, 5) is 25.0. The second kappa shape index (κ2) is 8.12. The van der Waals surface area contributed by atoms with Crippen LogP contribution in [0.5, 0.6) is 0 Å². The van der Waals surface area contributed by atoms with Crippen molar-refractivity contribution in [2.75, 3.05) is 37.0 Å². The summed E-state index contributed by atoms with van der Waals surface area (Å²) in [5, 5.41) is 3.03. The molecule has 1 N–H and O–H groups in total. The van der Waals surface area contributed by atoms with Gasteiger partial charge >= 0.3 is 0 Å². The lowest BCUT2D eigenvalue weighted by atomic mass is 10.0. The molecule has 2 aromatic rings. The van der Waals surface area contributed by atoms with Crippen molar-refractivity contribution in [2.24, 2.45) is 0 Å². The van der Waals surface area contributed by atoms with E-state index in [4.69, 9.17) is 0 Å². The molecule has 1 fully saturated rings. The number of hydrogen-bond acceptors (Lipinski definition) is 5. The quantitative estimate of drug-likeness (QED) is 0.887. The number of benzene rings is 1. The molecule has 1 aromatic heterocycles. The number of rotatable bonds is 5. The molecule has 0 aliphatic carbocycles. The normalized spacial score (nSPS) is 17.0. The molecule has 0 radical (unpaired) electrons. The van der Waals surface area contributed by atoms with E-state index >= 15 is 0 Å². The van der Waals surface area contributed by atoms with Gasteiger partial charge in [0.1, 0.15) is 23.8 Å². The molecule has 0 unspecified atom stereocenters. The Labute approximate surface area is 153 Å². The smallest absolute Gasteiger partial charge is 0.224 e. The Balaban J connectivity index is 1.61. The molecule has 138 valence electrons. The molecule has 1 atom stereocenters. The predicted octanol–water partition coefficient (Wildman–Crippen LogP) is 2.01. The first-order valence-electron chi connectivity index (χ1n) is 8.80. The van der Waals surface area contributed by atoms with Gasteiger partial charge in [-0.1, -0.05) is 18.2 Å². The average molecular weight is 357 g/mol. The number of anilines is 2. The minimum Gasteiger partial charge on any atom is -0.363 e. The van der Waals surface area contributed by atoms with E-state index in [0.717, 1.165) is 31.0 Å². The summed E-state index contributed by atoms with van der Waals surface area (Å²) < 4.78 is 13.7. The number of nitrogens with one attached hydrogen (secondary N) is 1. The van der Waals surface area contributed by atoms with Crippen molar-refractivity contribution >= 4 is 17.5 Å². The SMILES string of the molecule is CN(C)c1cc(N2CCC[C@H](NC(=O)Cc3ccccc3F)C2)ncn1. The van der Waals surface area contributed by atoms with Crippen molar-refractivity contribution in [1.82, 2.24) is 15.3 Å². The van der Waals surface area contributed by atoms with E-state index in [1.54, 1.807) is 24.5 Å². The maximum absolute atomic E-state index is 13.7. The molecule has 7 heteroatoms. The van der Waals surface area contributed by atoms with E-state index in [-0.39, 0.29) is 24.2 Å². The third kappa shape index (κ3) is 4.47. The zero-order valence-electron chi connectivity index (χ0n) is 15.2. The van der Waals surface area contributed by atoms with Crippen LogP contribution in [0, 0.1) is 5.82 Å². The first kappa shape index (κ1) is 18.1. The van der Waals surface area contributed by atoms with E-state index in [1.807, 2.05) is 25.1 Å². The monoisotopic (exact) mass is 357 g/mol. The van der Waals surface area contributed by atoms with Gasteiger partial charge in [0.15, 0.2) is 0 Å². The molecule has 1 aliphatic heterocycles. The number of nitrogens with zero attached hydrogens (tertiary/aromatic N) is 4. The third-order valence-corrected chi connectivity index (χ3v) is 4.52. The number of piperidine rings is 1. The van der Waals surface area contributed by atoms with Crippen molar-refractivity contribution in [3.8, 4) is 0 Å². The number of halogens is 1. The zero-order chi connectivity index (χ0) is 18.5. The van der Waals surface area contributed by atoms with Crippen LogP contribution in [0.15, 0.2) is 36.7 Å². The Bertz CT molecular complexity index is 767. The highest BCUT2D eigenvalue weighted by molar-refractivity contribution is 5.79. The molecule has 1 aromatic carbocycles. The van der Waals surface area contributed by atoms with Crippen LogP contribution in [-0.2, 0) is 11.2 Å². The van der Waals surface area contributed by atoms with Crippen molar-refractivity contribution in [1.29, 1.82) is 0 Å². The van der Waals surface area contributed by atoms with Crippen LogP contribution < -0.4 is 15.1 Å². The Morgan fingerprint density at radius 2 is 2.15 bits per heavy atom. The topological polar surface area (TPSA) is 61.4 Å². The molecule has 6 nitrogen and oxygen atoms in total. The van der Waals surface area contributed by atoms with Gasteiger partial charge in [0.2, 0.25) is 5.91 Å². The lowest BCUT2D eigenvalue weighted by Crippen LogP contribution is -2.48. The molecular formula is C19H24FN5O.